The molecule has 1 aromatic rings. The second-order valence-electron chi connectivity index (χ2n) is 6.21. The van der Waals surface area contributed by atoms with Crippen molar-refractivity contribution in [3.05, 3.63) is 34.3 Å². The first kappa shape index (κ1) is 19.5. The molecule has 1 aromatic carbocycles. The van der Waals surface area contributed by atoms with Gasteiger partial charge in [0.25, 0.3) is 0 Å². The van der Waals surface area contributed by atoms with Crippen LogP contribution in [0.4, 0.5) is 0 Å². The lowest BCUT2D eigenvalue weighted by molar-refractivity contribution is -0.123. The van der Waals surface area contributed by atoms with Crippen LogP contribution in [0.25, 0.3) is 0 Å². The maximum atomic E-state index is 12.1. The minimum Gasteiger partial charge on any atom is -0.353 e. The fraction of sp³-hybridized carbons (Fsp3) is 0.588. The molecule has 3 N–H and O–H groups in total. The van der Waals surface area contributed by atoms with Crippen molar-refractivity contribution in [1.29, 1.82) is 0 Å². The van der Waals surface area contributed by atoms with Gasteiger partial charge in [-0.15, -0.1) is 12.4 Å². The minimum absolute atomic E-state index is 0. The predicted octanol–water partition coefficient (Wildman–Crippen LogP) is 3.83. The molecule has 0 aliphatic heterocycles. The Bertz CT molecular complexity index is 466. The van der Waals surface area contributed by atoms with Crippen LogP contribution in [0.15, 0.2) is 28.7 Å². The number of benzene rings is 1. The molecular weight excluding hydrogens is 364 g/mol. The number of halogens is 2. The van der Waals surface area contributed by atoms with Crippen LogP contribution in [0.3, 0.4) is 0 Å². The fourth-order valence-corrected chi connectivity index (χ4v) is 3.35. The van der Waals surface area contributed by atoms with Crippen molar-refractivity contribution < 1.29 is 4.79 Å². The number of nitrogens with two attached hydrogens (primary N) is 1. The van der Waals surface area contributed by atoms with Crippen LogP contribution in [0.5, 0.6) is 0 Å². The van der Waals surface area contributed by atoms with Crippen LogP contribution in [-0.4, -0.2) is 18.0 Å². The van der Waals surface area contributed by atoms with Crippen molar-refractivity contribution in [3.63, 3.8) is 0 Å². The average molecular weight is 390 g/mol. The summed E-state index contributed by atoms with van der Waals surface area (Å²) in [6, 6.07) is 8.59. The summed E-state index contributed by atoms with van der Waals surface area (Å²) in [4.78, 5) is 12.1. The van der Waals surface area contributed by atoms with Crippen molar-refractivity contribution in [2.45, 2.75) is 57.5 Å². The van der Waals surface area contributed by atoms with Gasteiger partial charge >= 0.3 is 0 Å². The SMILES string of the molecule is CC(Cc1ccc(Br)cc1)NC(=O)CC1CCCCC1N.Cl. The molecule has 0 saturated heterocycles. The number of nitrogens with one attached hydrogen (secondary N) is 1. The Morgan fingerprint density at radius 2 is 1.95 bits per heavy atom. The number of hydrogen-bond acceptors (Lipinski definition) is 2. The van der Waals surface area contributed by atoms with Crippen molar-refractivity contribution in [2.24, 2.45) is 11.7 Å². The van der Waals surface area contributed by atoms with E-state index in [0.717, 1.165) is 23.7 Å². The molecule has 2 rings (SSSR count). The van der Waals surface area contributed by atoms with Crippen molar-refractivity contribution >= 4 is 34.2 Å². The van der Waals surface area contributed by atoms with Gasteiger partial charge in [0.2, 0.25) is 5.91 Å². The molecule has 1 saturated carbocycles. The van der Waals surface area contributed by atoms with Gasteiger partial charge in [-0.1, -0.05) is 40.9 Å². The van der Waals surface area contributed by atoms with Crippen LogP contribution in [-0.2, 0) is 11.2 Å². The summed E-state index contributed by atoms with van der Waals surface area (Å²) < 4.78 is 1.08. The first-order chi connectivity index (χ1) is 10.0. The highest BCUT2D eigenvalue weighted by molar-refractivity contribution is 9.10. The van der Waals surface area contributed by atoms with Gasteiger partial charge in [0.1, 0.15) is 0 Å². The maximum Gasteiger partial charge on any atom is 0.220 e. The molecule has 1 aliphatic carbocycles. The van der Waals surface area contributed by atoms with Crippen LogP contribution in [0.2, 0.25) is 0 Å². The molecule has 5 heteroatoms. The first-order valence-electron chi connectivity index (χ1n) is 7.84. The Morgan fingerprint density at radius 1 is 1.32 bits per heavy atom. The van der Waals surface area contributed by atoms with Crippen molar-refractivity contribution in [3.8, 4) is 0 Å². The van der Waals surface area contributed by atoms with E-state index in [4.69, 9.17) is 5.73 Å². The van der Waals surface area contributed by atoms with Crippen LogP contribution >= 0.6 is 28.3 Å². The fourth-order valence-electron chi connectivity index (χ4n) is 3.09. The molecule has 0 bridgehead atoms. The smallest absolute Gasteiger partial charge is 0.220 e. The van der Waals surface area contributed by atoms with Crippen molar-refractivity contribution in [1.82, 2.24) is 5.32 Å². The van der Waals surface area contributed by atoms with Gasteiger partial charge in [-0.2, -0.15) is 0 Å². The zero-order chi connectivity index (χ0) is 15.2. The van der Waals surface area contributed by atoms with Gasteiger partial charge in [-0.25, -0.2) is 0 Å². The Kier molecular flexibility index (Phi) is 8.44. The van der Waals surface area contributed by atoms with E-state index < -0.39 is 0 Å². The third-order valence-electron chi connectivity index (χ3n) is 4.28. The normalized spacial score (nSPS) is 22.5. The quantitative estimate of drug-likeness (QED) is 0.804. The summed E-state index contributed by atoms with van der Waals surface area (Å²) in [5.74, 6) is 0.501. The van der Waals surface area contributed by atoms with E-state index in [1.54, 1.807) is 0 Å². The number of carbonyl (C=O) groups excluding carboxylic acids is 1. The van der Waals surface area contributed by atoms with Crippen LogP contribution < -0.4 is 11.1 Å². The van der Waals surface area contributed by atoms with Crippen molar-refractivity contribution in [2.75, 3.05) is 0 Å². The average Bonchev–Trinajstić information content (AvgIpc) is 2.44. The molecule has 1 amide bonds. The van der Waals surface area contributed by atoms with E-state index in [-0.39, 0.29) is 30.4 Å². The number of rotatable bonds is 5. The molecule has 3 unspecified atom stereocenters. The molecule has 1 aliphatic rings. The Hall–Kier alpha value is -0.580. The van der Waals surface area contributed by atoms with E-state index in [0.29, 0.717) is 12.3 Å². The molecule has 0 aromatic heterocycles. The van der Waals surface area contributed by atoms with Gasteiger partial charge in [0.05, 0.1) is 0 Å². The van der Waals surface area contributed by atoms with Gasteiger partial charge < -0.3 is 11.1 Å². The topological polar surface area (TPSA) is 55.1 Å². The molecule has 0 spiro atoms. The largest absolute Gasteiger partial charge is 0.353 e. The van der Waals surface area contributed by atoms with Crippen LogP contribution in [0, 0.1) is 5.92 Å². The third-order valence-corrected chi connectivity index (χ3v) is 4.81. The van der Waals surface area contributed by atoms with Gasteiger partial charge in [-0.05, 0) is 49.8 Å². The molecule has 3 atom stereocenters. The highest BCUT2D eigenvalue weighted by Crippen LogP contribution is 2.25. The predicted molar refractivity (Wildman–Crippen MR) is 97.2 cm³/mol. The lowest BCUT2D eigenvalue weighted by Gasteiger charge is -2.28. The van der Waals surface area contributed by atoms with Gasteiger partial charge in [0.15, 0.2) is 0 Å². The molecule has 124 valence electrons. The van der Waals surface area contributed by atoms with Crippen LogP contribution in [0.1, 0.15) is 44.6 Å². The monoisotopic (exact) mass is 388 g/mol. The molecular formula is C17H26BrClN2O. The summed E-state index contributed by atoms with van der Waals surface area (Å²) in [7, 11) is 0. The number of amides is 1. The molecule has 22 heavy (non-hydrogen) atoms. The molecule has 0 heterocycles. The second-order valence-corrected chi connectivity index (χ2v) is 7.13. The Labute approximate surface area is 148 Å². The van der Waals surface area contributed by atoms with E-state index in [2.05, 4.69) is 40.3 Å². The molecule has 3 nitrogen and oxygen atoms in total. The lowest BCUT2D eigenvalue weighted by atomic mass is 9.83. The minimum atomic E-state index is 0. The third kappa shape index (κ3) is 6.27. The summed E-state index contributed by atoms with van der Waals surface area (Å²) >= 11 is 3.43. The summed E-state index contributed by atoms with van der Waals surface area (Å²) in [5, 5.41) is 3.10. The van der Waals surface area contributed by atoms with Gasteiger partial charge in [-0.3, -0.25) is 4.79 Å². The zero-order valence-corrected chi connectivity index (χ0v) is 15.5. The first-order valence-corrected chi connectivity index (χ1v) is 8.63. The molecule has 1 fully saturated rings. The standard InChI is InChI=1S/C17H25BrN2O.ClH/c1-12(10-13-6-8-15(18)9-7-13)20-17(21)11-14-4-2-3-5-16(14)19;/h6-9,12,14,16H,2-5,10-11,19H2,1H3,(H,20,21);1H. The maximum absolute atomic E-state index is 12.1. The molecule has 0 radical (unpaired) electrons. The van der Waals surface area contributed by atoms with E-state index in [1.807, 2.05) is 12.1 Å². The Balaban J connectivity index is 0.00000242. The van der Waals surface area contributed by atoms with Gasteiger partial charge in [0, 0.05) is 23.0 Å². The highest BCUT2D eigenvalue weighted by atomic mass is 79.9. The summed E-state index contributed by atoms with van der Waals surface area (Å²) in [5.41, 5.74) is 7.35. The van der Waals surface area contributed by atoms with E-state index in [9.17, 15) is 4.79 Å². The van der Waals surface area contributed by atoms with E-state index >= 15 is 0 Å². The highest BCUT2D eigenvalue weighted by Gasteiger charge is 2.24. The second kappa shape index (κ2) is 9.53. The zero-order valence-electron chi connectivity index (χ0n) is 13.1. The summed E-state index contributed by atoms with van der Waals surface area (Å²) in [6.45, 7) is 2.06. The van der Waals surface area contributed by atoms with E-state index in [1.165, 1.54) is 18.4 Å². The lowest BCUT2D eigenvalue weighted by Crippen LogP contribution is -2.40. The number of carbonyl (C=O) groups is 1. The summed E-state index contributed by atoms with van der Waals surface area (Å²) in [6.07, 6.45) is 6.00. The Morgan fingerprint density at radius 3 is 2.59 bits per heavy atom. The number of hydrogen-bond donors (Lipinski definition) is 2.